The van der Waals surface area contributed by atoms with Crippen molar-refractivity contribution in [1.29, 1.82) is 0 Å². The van der Waals surface area contributed by atoms with Crippen molar-refractivity contribution >= 4 is 50.8 Å². The van der Waals surface area contributed by atoms with Crippen LogP contribution < -0.4 is 15.4 Å². The highest BCUT2D eigenvalue weighted by molar-refractivity contribution is 9.10. The quantitative estimate of drug-likeness (QED) is 0.274. The lowest BCUT2D eigenvalue weighted by atomic mass is 9.98. The van der Waals surface area contributed by atoms with Gasteiger partial charge in [-0.2, -0.15) is 0 Å². The molecule has 0 unspecified atom stereocenters. The van der Waals surface area contributed by atoms with Crippen molar-refractivity contribution in [1.82, 2.24) is 10.2 Å². The van der Waals surface area contributed by atoms with Gasteiger partial charge in [-0.3, -0.25) is 14.9 Å². The van der Waals surface area contributed by atoms with E-state index in [-0.39, 0.29) is 16.9 Å². The maximum Gasteiger partial charge on any atom is 0.261 e. The van der Waals surface area contributed by atoms with Gasteiger partial charge in [-0.1, -0.05) is 49.0 Å². The molecule has 2 aromatic rings. The first kappa shape index (κ1) is 27.1. The van der Waals surface area contributed by atoms with Gasteiger partial charge in [0.15, 0.2) is 5.11 Å². The third-order valence-corrected chi connectivity index (χ3v) is 6.83. The van der Waals surface area contributed by atoms with Crippen molar-refractivity contribution < 1.29 is 14.3 Å². The van der Waals surface area contributed by atoms with Gasteiger partial charge >= 0.3 is 0 Å². The van der Waals surface area contributed by atoms with Crippen LogP contribution in [-0.4, -0.2) is 41.5 Å². The fourth-order valence-corrected chi connectivity index (χ4v) is 4.51. The van der Waals surface area contributed by atoms with Crippen LogP contribution in [0.1, 0.15) is 73.1 Å². The Balaban J connectivity index is 1.55. The summed E-state index contributed by atoms with van der Waals surface area (Å²) in [5, 5.41) is 5.91. The highest BCUT2D eigenvalue weighted by Crippen LogP contribution is 2.24. The van der Waals surface area contributed by atoms with Crippen LogP contribution in [0, 0.1) is 5.92 Å². The van der Waals surface area contributed by atoms with Crippen molar-refractivity contribution in [3.05, 3.63) is 58.1 Å². The second-order valence-corrected chi connectivity index (χ2v) is 10.3. The predicted octanol–water partition coefficient (Wildman–Crippen LogP) is 6.41. The Hall–Kier alpha value is -2.45. The predicted molar refractivity (Wildman–Crippen MR) is 148 cm³/mol. The summed E-state index contributed by atoms with van der Waals surface area (Å²) in [6.45, 7) is 6.56. The van der Waals surface area contributed by atoms with E-state index < -0.39 is 0 Å². The van der Waals surface area contributed by atoms with Crippen LogP contribution in [0.15, 0.2) is 46.9 Å². The number of hydrogen-bond donors (Lipinski definition) is 2. The molecule has 0 aromatic heterocycles. The van der Waals surface area contributed by atoms with E-state index in [1.54, 1.807) is 36.4 Å². The fraction of sp³-hybridized carbons (Fsp3) is 0.444. The topological polar surface area (TPSA) is 70.7 Å². The Bertz CT molecular complexity index is 1020. The molecule has 3 rings (SSSR count). The molecule has 0 radical (unpaired) electrons. The molecule has 0 bridgehead atoms. The van der Waals surface area contributed by atoms with Gasteiger partial charge in [0.05, 0.1) is 12.2 Å². The molecular formula is C27H34BrN3O3S. The first-order valence-electron chi connectivity index (χ1n) is 12.3. The van der Waals surface area contributed by atoms with Gasteiger partial charge in [-0.05, 0) is 79.9 Å². The van der Waals surface area contributed by atoms with Crippen LogP contribution in [0.25, 0.3) is 0 Å². The summed E-state index contributed by atoms with van der Waals surface area (Å²) in [7, 11) is 0. The first-order chi connectivity index (χ1) is 16.9. The number of carbonyl (C=O) groups excluding carboxylic acids is 2. The summed E-state index contributed by atoms with van der Waals surface area (Å²) in [5.41, 5.74) is 1.76. The van der Waals surface area contributed by atoms with E-state index in [1.165, 1.54) is 6.42 Å². The van der Waals surface area contributed by atoms with Gasteiger partial charge in [-0.25, -0.2) is 0 Å². The number of rotatable bonds is 9. The number of thiocarbonyl (C=S) groups is 1. The van der Waals surface area contributed by atoms with E-state index in [4.69, 9.17) is 17.0 Å². The van der Waals surface area contributed by atoms with E-state index in [9.17, 15) is 9.59 Å². The average molecular weight is 561 g/mol. The Kier molecular flexibility index (Phi) is 10.5. The molecule has 2 aromatic carbocycles. The molecule has 8 heteroatoms. The van der Waals surface area contributed by atoms with Gasteiger partial charge in [0.2, 0.25) is 0 Å². The number of hydrogen-bond acceptors (Lipinski definition) is 4. The molecule has 0 atom stereocenters. The minimum atomic E-state index is -0.349. The maximum absolute atomic E-state index is 12.9. The smallest absolute Gasteiger partial charge is 0.261 e. The van der Waals surface area contributed by atoms with E-state index in [0.29, 0.717) is 35.1 Å². The number of likely N-dealkylation sites (tertiary alicyclic amines) is 1. The zero-order valence-electron chi connectivity index (χ0n) is 20.4. The SMILES string of the molecule is CCCCCCOc1ccc(Br)cc1C(=O)NC(=S)Nc1ccc(C(=O)N2CCC(C)CC2)cc1. The van der Waals surface area contributed by atoms with Crippen molar-refractivity contribution in [3.8, 4) is 5.75 Å². The van der Waals surface area contributed by atoms with Crippen molar-refractivity contribution in [2.45, 2.75) is 52.4 Å². The lowest BCUT2D eigenvalue weighted by Gasteiger charge is -2.30. The third-order valence-electron chi connectivity index (χ3n) is 6.13. The highest BCUT2D eigenvalue weighted by atomic mass is 79.9. The fourth-order valence-electron chi connectivity index (χ4n) is 3.94. The number of unbranched alkanes of at least 4 members (excludes halogenated alkanes) is 3. The van der Waals surface area contributed by atoms with Crippen LogP contribution in [0.2, 0.25) is 0 Å². The van der Waals surface area contributed by atoms with Crippen LogP contribution >= 0.6 is 28.1 Å². The molecule has 6 nitrogen and oxygen atoms in total. The maximum atomic E-state index is 12.9. The second-order valence-electron chi connectivity index (χ2n) is 9.01. The highest BCUT2D eigenvalue weighted by Gasteiger charge is 2.21. The summed E-state index contributed by atoms with van der Waals surface area (Å²) in [5.74, 6) is 0.905. The molecule has 35 heavy (non-hydrogen) atoms. The number of nitrogens with zero attached hydrogens (tertiary/aromatic N) is 1. The van der Waals surface area contributed by atoms with E-state index in [2.05, 4.69) is 40.4 Å². The largest absolute Gasteiger partial charge is 0.493 e. The molecule has 1 saturated heterocycles. The number of benzene rings is 2. The summed E-state index contributed by atoms with van der Waals surface area (Å²) in [6, 6.07) is 12.5. The number of piperidine rings is 1. The van der Waals surface area contributed by atoms with Gasteiger partial charge in [0.1, 0.15) is 5.75 Å². The summed E-state index contributed by atoms with van der Waals surface area (Å²) in [6.07, 6.45) is 6.47. The number of anilines is 1. The Morgan fingerprint density at radius 1 is 1.09 bits per heavy atom. The van der Waals surface area contributed by atoms with Crippen LogP contribution in [0.3, 0.4) is 0 Å². The molecule has 188 valence electrons. The summed E-state index contributed by atoms with van der Waals surface area (Å²) < 4.78 is 6.65. The molecule has 1 aliphatic heterocycles. The average Bonchev–Trinajstić information content (AvgIpc) is 2.85. The van der Waals surface area contributed by atoms with Crippen LogP contribution in [-0.2, 0) is 0 Å². The molecule has 0 saturated carbocycles. The number of nitrogens with one attached hydrogen (secondary N) is 2. The summed E-state index contributed by atoms with van der Waals surface area (Å²) in [4.78, 5) is 27.6. The third kappa shape index (κ3) is 8.32. The van der Waals surface area contributed by atoms with Gasteiger partial charge < -0.3 is 15.0 Å². The molecule has 0 aliphatic carbocycles. The number of halogens is 1. The molecule has 1 aliphatic rings. The molecule has 2 amide bonds. The minimum absolute atomic E-state index is 0.0520. The zero-order chi connectivity index (χ0) is 25.2. The van der Waals surface area contributed by atoms with E-state index in [1.807, 2.05) is 11.0 Å². The van der Waals surface area contributed by atoms with E-state index >= 15 is 0 Å². The normalized spacial score (nSPS) is 13.9. The monoisotopic (exact) mass is 559 g/mol. The number of carbonyl (C=O) groups is 2. The Labute approximate surface area is 221 Å². The lowest BCUT2D eigenvalue weighted by molar-refractivity contribution is 0.0697. The zero-order valence-corrected chi connectivity index (χ0v) is 22.8. The standard InChI is InChI=1S/C27H34BrN3O3S/c1-3-4-5-6-17-34-24-12-9-21(28)18-23(24)25(32)30-27(35)29-22-10-7-20(8-11-22)26(33)31-15-13-19(2)14-16-31/h7-12,18-19H,3-6,13-17H2,1-2H3,(H2,29,30,32,35). The lowest BCUT2D eigenvalue weighted by Crippen LogP contribution is -2.37. The molecule has 0 spiro atoms. The molecule has 2 N–H and O–H groups in total. The van der Waals surface area contributed by atoms with Gasteiger partial charge in [0, 0.05) is 28.8 Å². The first-order valence-corrected chi connectivity index (χ1v) is 13.5. The van der Waals surface area contributed by atoms with Gasteiger partial charge in [-0.15, -0.1) is 0 Å². The number of ether oxygens (including phenoxy) is 1. The van der Waals surface area contributed by atoms with Crippen LogP contribution in [0.5, 0.6) is 5.75 Å². The molecule has 1 fully saturated rings. The second kappa shape index (κ2) is 13.6. The Morgan fingerprint density at radius 3 is 2.49 bits per heavy atom. The van der Waals surface area contributed by atoms with Crippen LogP contribution in [0.4, 0.5) is 5.69 Å². The Morgan fingerprint density at radius 2 is 1.80 bits per heavy atom. The van der Waals surface area contributed by atoms with Crippen molar-refractivity contribution in [2.24, 2.45) is 5.92 Å². The van der Waals surface area contributed by atoms with Crippen molar-refractivity contribution in [2.75, 3.05) is 25.0 Å². The summed E-state index contributed by atoms with van der Waals surface area (Å²) >= 11 is 8.77. The van der Waals surface area contributed by atoms with Gasteiger partial charge in [0.25, 0.3) is 11.8 Å². The molecule has 1 heterocycles. The minimum Gasteiger partial charge on any atom is -0.493 e. The van der Waals surface area contributed by atoms with Crippen molar-refractivity contribution in [3.63, 3.8) is 0 Å². The number of amides is 2. The van der Waals surface area contributed by atoms with E-state index in [0.717, 1.165) is 49.7 Å². The molecular weight excluding hydrogens is 526 g/mol.